The lowest BCUT2D eigenvalue weighted by Gasteiger charge is -2.07. The molecule has 2 heterocycles. The van der Waals surface area contributed by atoms with Crippen LogP contribution in [0.25, 0.3) is 11.0 Å². The number of phenolic OH excluding ortho intramolecular Hbond substituents is 1. The van der Waals surface area contributed by atoms with Gasteiger partial charge in [-0.1, -0.05) is 11.8 Å². The lowest BCUT2D eigenvalue weighted by atomic mass is 10.1. The highest BCUT2D eigenvalue weighted by molar-refractivity contribution is 8.00. The number of aromatic hydroxyl groups is 1. The summed E-state index contributed by atoms with van der Waals surface area (Å²) < 4.78 is 5.10. The Bertz CT molecular complexity index is 1220. The summed E-state index contributed by atoms with van der Waals surface area (Å²) in [6.45, 7) is 3.04. The van der Waals surface area contributed by atoms with Gasteiger partial charge in [-0.25, -0.2) is 9.78 Å². The van der Waals surface area contributed by atoms with Crippen LogP contribution in [0, 0.1) is 18.3 Å². The van der Waals surface area contributed by atoms with E-state index < -0.39 is 11.4 Å². The summed E-state index contributed by atoms with van der Waals surface area (Å²) in [5.74, 6) is -0.860. The summed E-state index contributed by atoms with van der Waals surface area (Å²) in [6, 6.07) is 9.09. The zero-order chi connectivity index (χ0) is 20.4. The number of nitrogens with zero attached hydrogens (tertiary/aromatic N) is 2. The minimum absolute atomic E-state index is 0.0511. The van der Waals surface area contributed by atoms with E-state index in [0.717, 1.165) is 11.8 Å². The van der Waals surface area contributed by atoms with Gasteiger partial charge in [-0.3, -0.25) is 9.59 Å². The van der Waals surface area contributed by atoms with Crippen LogP contribution >= 0.6 is 11.8 Å². The summed E-state index contributed by atoms with van der Waals surface area (Å²) in [6.07, 6.45) is 0. The fraction of sp³-hybridized carbons (Fsp3) is 0.150. The molecule has 3 aromatic rings. The molecule has 2 aromatic heterocycles. The number of pyridine rings is 1. The Kier molecular flexibility index (Phi) is 5.29. The highest BCUT2D eigenvalue weighted by atomic mass is 32.2. The van der Waals surface area contributed by atoms with Gasteiger partial charge in [0, 0.05) is 22.7 Å². The van der Waals surface area contributed by atoms with Crippen molar-refractivity contribution in [3.05, 3.63) is 63.1 Å². The van der Waals surface area contributed by atoms with E-state index in [1.165, 1.54) is 37.3 Å². The van der Waals surface area contributed by atoms with E-state index in [1.807, 2.05) is 6.07 Å². The third-order valence-corrected chi connectivity index (χ3v) is 5.03. The molecule has 1 N–H and O–H groups in total. The third kappa shape index (κ3) is 3.80. The van der Waals surface area contributed by atoms with Gasteiger partial charge >= 0.3 is 5.63 Å². The molecule has 0 unspecified atom stereocenters. The molecule has 0 aliphatic rings. The lowest BCUT2D eigenvalue weighted by Crippen LogP contribution is -2.15. The Labute approximate surface area is 163 Å². The van der Waals surface area contributed by atoms with Gasteiger partial charge in [0.1, 0.15) is 28.0 Å². The minimum atomic E-state index is -0.805. The zero-order valence-electron chi connectivity index (χ0n) is 15.0. The quantitative estimate of drug-likeness (QED) is 0.398. The number of hydrogen-bond acceptors (Lipinski definition) is 8. The van der Waals surface area contributed by atoms with E-state index in [4.69, 9.17) is 4.42 Å². The number of nitriles is 1. The molecule has 0 aliphatic heterocycles. The summed E-state index contributed by atoms with van der Waals surface area (Å²) in [7, 11) is 0. The normalized spacial score (nSPS) is 10.6. The van der Waals surface area contributed by atoms with Gasteiger partial charge in [0.25, 0.3) is 0 Å². The molecule has 0 saturated carbocycles. The number of thioether (sulfide) groups is 1. The van der Waals surface area contributed by atoms with Crippen LogP contribution in [0.1, 0.15) is 38.9 Å². The maximum atomic E-state index is 12.5. The number of carbonyl (C=O) groups excluding carboxylic acids is 2. The molecule has 3 rings (SSSR count). The number of rotatable bonds is 5. The zero-order valence-corrected chi connectivity index (χ0v) is 15.8. The second-order valence-electron chi connectivity index (χ2n) is 6.02. The smallest absolute Gasteiger partial charge is 0.347 e. The summed E-state index contributed by atoms with van der Waals surface area (Å²) in [5, 5.41) is 19.6. The van der Waals surface area contributed by atoms with E-state index in [9.17, 15) is 24.8 Å². The molecular weight excluding hydrogens is 380 g/mol. The van der Waals surface area contributed by atoms with E-state index in [2.05, 4.69) is 4.98 Å². The van der Waals surface area contributed by atoms with Gasteiger partial charge in [0.15, 0.2) is 11.6 Å². The van der Waals surface area contributed by atoms with E-state index in [-0.39, 0.29) is 34.0 Å². The molecule has 28 heavy (non-hydrogen) atoms. The average Bonchev–Trinajstić information content (AvgIpc) is 2.65. The number of benzene rings is 1. The number of ketones is 2. The van der Waals surface area contributed by atoms with Gasteiger partial charge in [-0.2, -0.15) is 5.26 Å². The Morgan fingerprint density at radius 1 is 1.25 bits per heavy atom. The van der Waals surface area contributed by atoms with Crippen LogP contribution in [0.4, 0.5) is 0 Å². The molecule has 0 radical (unpaired) electrons. The largest absolute Gasteiger partial charge is 0.508 e. The van der Waals surface area contributed by atoms with E-state index >= 15 is 0 Å². The Morgan fingerprint density at radius 3 is 2.68 bits per heavy atom. The van der Waals surface area contributed by atoms with Crippen LogP contribution in [0.3, 0.4) is 0 Å². The number of hydrogen-bond donors (Lipinski definition) is 1. The first-order chi connectivity index (χ1) is 13.3. The van der Waals surface area contributed by atoms with E-state index in [0.29, 0.717) is 21.7 Å². The second-order valence-corrected chi connectivity index (χ2v) is 6.99. The van der Waals surface area contributed by atoms with Gasteiger partial charge < -0.3 is 9.52 Å². The van der Waals surface area contributed by atoms with Crippen molar-refractivity contribution in [2.45, 2.75) is 18.9 Å². The average molecular weight is 394 g/mol. The Hall–Kier alpha value is -3.44. The standard InChI is InChI=1S/C20H14N2O5S/c1-10-15(11(2)23)6-13(8-21)19(22-10)28-9-17(25)16-5-12-3-4-14(24)7-18(12)27-20(16)26/h3-7,24H,9H2,1-2H3. The number of aromatic nitrogens is 1. The first-order valence-electron chi connectivity index (χ1n) is 8.15. The van der Waals surface area contributed by atoms with Gasteiger partial charge in [-0.15, -0.1) is 0 Å². The Morgan fingerprint density at radius 2 is 2.00 bits per heavy atom. The molecule has 8 heteroatoms. The topological polar surface area (TPSA) is 121 Å². The first kappa shape index (κ1) is 19.3. The SMILES string of the molecule is CC(=O)c1cc(C#N)c(SCC(=O)c2cc3ccc(O)cc3oc2=O)nc1C. The predicted octanol–water partition coefficient (Wildman–Crippen LogP) is 3.25. The highest BCUT2D eigenvalue weighted by Gasteiger charge is 2.17. The van der Waals surface area contributed by atoms with Crippen molar-refractivity contribution >= 4 is 34.3 Å². The molecule has 1 aromatic carbocycles. The van der Waals surface area contributed by atoms with Crippen LogP contribution in [-0.4, -0.2) is 27.4 Å². The third-order valence-electron chi connectivity index (χ3n) is 4.04. The van der Waals surface area contributed by atoms with Crippen LogP contribution < -0.4 is 5.63 Å². The fourth-order valence-corrected chi connectivity index (χ4v) is 3.52. The molecule has 0 fully saturated rings. The minimum Gasteiger partial charge on any atom is -0.508 e. The van der Waals surface area contributed by atoms with Crippen molar-refractivity contribution in [1.82, 2.24) is 4.98 Å². The molecular formula is C20H14N2O5S. The lowest BCUT2D eigenvalue weighted by molar-refractivity contribution is 0.100. The van der Waals surface area contributed by atoms with Crippen molar-refractivity contribution < 1.29 is 19.1 Å². The number of carbonyl (C=O) groups is 2. The maximum Gasteiger partial charge on any atom is 0.347 e. The predicted molar refractivity (Wildman–Crippen MR) is 103 cm³/mol. The molecule has 0 aliphatic carbocycles. The number of Topliss-reactive ketones (excluding diaryl/α,β-unsaturated/α-hetero) is 2. The van der Waals surface area contributed by atoms with Crippen LogP contribution in [-0.2, 0) is 0 Å². The molecule has 0 bridgehead atoms. The molecule has 0 saturated heterocycles. The first-order valence-corrected chi connectivity index (χ1v) is 9.14. The molecule has 140 valence electrons. The number of aryl methyl sites for hydroxylation is 1. The molecule has 0 atom stereocenters. The van der Waals surface area contributed by atoms with Crippen LogP contribution in [0.2, 0.25) is 0 Å². The van der Waals surface area contributed by atoms with Crippen molar-refractivity contribution in [2.24, 2.45) is 0 Å². The van der Waals surface area contributed by atoms with Crippen molar-refractivity contribution in [2.75, 3.05) is 5.75 Å². The molecule has 7 nitrogen and oxygen atoms in total. The second kappa shape index (κ2) is 7.66. The molecule has 0 amide bonds. The van der Waals surface area contributed by atoms with Crippen molar-refractivity contribution in [3.8, 4) is 11.8 Å². The van der Waals surface area contributed by atoms with E-state index in [1.54, 1.807) is 6.92 Å². The van der Waals surface area contributed by atoms with Crippen molar-refractivity contribution in [1.29, 1.82) is 5.26 Å². The Balaban J connectivity index is 1.88. The summed E-state index contributed by atoms with van der Waals surface area (Å²) >= 11 is 1.01. The maximum absolute atomic E-state index is 12.5. The number of phenols is 1. The highest BCUT2D eigenvalue weighted by Crippen LogP contribution is 2.25. The summed E-state index contributed by atoms with van der Waals surface area (Å²) in [5.41, 5.74) is 0.256. The van der Waals surface area contributed by atoms with Gasteiger partial charge in [-0.05, 0) is 38.1 Å². The van der Waals surface area contributed by atoms with Gasteiger partial charge in [0.05, 0.1) is 11.3 Å². The van der Waals surface area contributed by atoms with Crippen molar-refractivity contribution in [3.63, 3.8) is 0 Å². The van der Waals surface area contributed by atoms with Crippen LogP contribution in [0.5, 0.6) is 5.75 Å². The summed E-state index contributed by atoms with van der Waals surface area (Å²) in [4.78, 5) is 40.5. The number of fused-ring (bicyclic) bond motifs is 1. The fourth-order valence-electron chi connectivity index (χ4n) is 2.64. The van der Waals surface area contributed by atoms with Gasteiger partial charge in [0.2, 0.25) is 0 Å². The van der Waals surface area contributed by atoms with Crippen LogP contribution in [0.15, 0.2) is 44.6 Å². The molecule has 0 spiro atoms. The monoisotopic (exact) mass is 394 g/mol.